The summed E-state index contributed by atoms with van der Waals surface area (Å²) in [6.07, 6.45) is 0. The van der Waals surface area contributed by atoms with E-state index in [1.807, 2.05) is 43.3 Å². The summed E-state index contributed by atoms with van der Waals surface area (Å²) in [6.45, 7) is 1.93. The number of hydrogen-bond acceptors (Lipinski definition) is 3. The van der Waals surface area contributed by atoms with Crippen LogP contribution in [-0.2, 0) is 0 Å². The minimum Gasteiger partial charge on any atom is -0.319 e. The Bertz CT molecular complexity index is 1170. The highest BCUT2D eigenvalue weighted by Gasteiger charge is 2.20. The van der Waals surface area contributed by atoms with Crippen molar-refractivity contribution in [2.24, 2.45) is 0 Å². The molecule has 0 atom stereocenters. The van der Waals surface area contributed by atoms with Gasteiger partial charge >= 0.3 is 0 Å². The van der Waals surface area contributed by atoms with E-state index in [2.05, 4.69) is 15.4 Å². The van der Waals surface area contributed by atoms with Crippen molar-refractivity contribution in [3.8, 4) is 17.1 Å². The van der Waals surface area contributed by atoms with Crippen LogP contribution in [0.3, 0.4) is 0 Å². The van der Waals surface area contributed by atoms with Gasteiger partial charge in [-0.25, -0.2) is 14.1 Å². The quantitative estimate of drug-likeness (QED) is 0.501. The van der Waals surface area contributed by atoms with Crippen molar-refractivity contribution < 1.29 is 9.18 Å². The van der Waals surface area contributed by atoms with E-state index < -0.39 is 5.91 Å². The summed E-state index contributed by atoms with van der Waals surface area (Å²) in [5.74, 6) is -0.367. The molecule has 1 aromatic heterocycles. The second-order valence-electron chi connectivity index (χ2n) is 6.43. The number of nitrogens with one attached hydrogen (secondary N) is 1. The van der Waals surface area contributed by atoms with Gasteiger partial charge in [0.25, 0.3) is 5.91 Å². The van der Waals surface area contributed by atoms with Crippen LogP contribution in [-0.4, -0.2) is 20.7 Å². The standard InChI is InChI=1S/C22H16ClFN4O/c1-14-7-8-16(23)13-19(14)28-21(15-5-3-2-4-6-15)26-20(27-28)22(29)25-18-11-9-17(24)10-12-18/h2-13H,1H3,(H,25,29). The monoisotopic (exact) mass is 406 g/mol. The summed E-state index contributed by atoms with van der Waals surface area (Å²) < 4.78 is 14.7. The molecule has 0 spiro atoms. The fourth-order valence-electron chi connectivity index (χ4n) is 2.88. The molecule has 0 fully saturated rings. The summed E-state index contributed by atoms with van der Waals surface area (Å²) >= 11 is 6.18. The number of benzene rings is 3. The number of hydrogen-bond donors (Lipinski definition) is 1. The molecule has 0 unspecified atom stereocenters. The number of amides is 1. The van der Waals surface area contributed by atoms with E-state index in [1.54, 1.807) is 16.8 Å². The summed E-state index contributed by atoms with van der Waals surface area (Å²) in [4.78, 5) is 17.2. The molecule has 7 heteroatoms. The van der Waals surface area contributed by atoms with Crippen LogP contribution in [0.15, 0.2) is 72.8 Å². The van der Waals surface area contributed by atoms with Crippen molar-refractivity contribution in [2.75, 3.05) is 5.32 Å². The normalized spacial score (nSPS) is 10.7. The van der Waals surface area contributed by atoms with Gasteiger partial charge in [-0.1, -0.05) is 48.0 Å². The van der Waals surface area contributed by atoms with E-state index in [9.17, 15) is 9.18 Å². The Kier molecular flexibility index (Phi) is 5.10. The van der Waals surface area contributed by atoms with Crippen LogP contribution in [0.5, 0.6) is 0 Å². The number of aryl methyl sites for hydroxylation is 1. The van der Waals surface area contributed by atoms with Crippen LogP contribution >= 0.6 is 11.6 Å². The van der Waals surface area contributed by atoms with E-state index in [0.29, 0.717) is 16.5 Å². The third-order valence-electron chi connectivity index (χ3n) is 4.34. The SMILES string of the molecule is Cc1ccc(Cl)cc1-n1nc(C(=O)Nc2ccc(F)cc2)nc1-c1ccccc1. The molecule has 1 heterocycles. The summed E-state index contributed by atoms with van der Waals surface area (Å²) in [6, 6.07) is 20.4. The zero-order valence-corrected chi connectivity index (χ0v) is 16.2. The third-order valence-corrected chi connectivity index (χ3v) is 4.58. The lowest BCUT2D eigenvalue weighted by Gasteiger charge is -2.09. The Balaban J connectivity index is 1.78. The Morgan fingerprint density at radius 2 is 1.76 bits per heavy atom. The van der Waals surface area contributed by atoms with Gasteiger partial charge in [-0.05, 0) is 48.9 Å². The zero-order chi connectivity index (χ0) is 20.4. The van der Waals surface area contributed by atoms with Gasteiger partial charge < -0.3 is 5.32 Å². The highest BCUT2D eigenvalue weighted by Crippen LogP contribution is 2.25. The zero-order valence-electron chi connectivity index (χ0n) is 15.4. The van der Waals surface area contributed by atoms with Gasteiger partial charge in [0.15, 0.2) is 5.82 Å². The first-order valence-corrected chi connectivity index (χ1v) is 9.25. The van der Waals surface area contributed by atoms with Crippen LogP contribution in [0.2, 0.25) is 5.02 Å². The first kappa shape index (κ1) is 18.8. The van der Waals surface area contributed by atoms with Crippen molar-refractivity contribution in [3.05, 3.63) is 95.0 Å². The van der Waals surface area contributed by atoms with Crippen LogP contribution in [0.1, 0.15) is 16.2 Å². The molecular formula is C22H16ClFN4O. The predicted molar refractivity (Wildman–Crippen MR) is 111 cm³/mol. The van der Waals surface area contributed by atoms with Gasteiger partial charge in [-0.15, -0.1) is 5.10 Å². The molecule has 0 aliphatic rings. The van der Waals surface area contributed by atoms with Crippen LogP contribution in [0, 0.1) is 12.7 Å². The van der Waals surface area contributed by atoms with Crippen molar-refractivity contribution in [3.63, 3.8) is 0 Å². The number of anilines is 1. The topological polar surface area (TPSA) is 59.8 Å². The number of rotatable bonds is 4. The van der Waals surface area contributed by atoms with E-state index in [4.69, 9.17) is 11.6 Å². The Hall–Kier alpha value is -3.51. The number of nitrogens with zero attached hydrogens (tertiary/aromatic N) is 3. The molecule has 29 heavy (non-hydrogen) atoms. The molecule has 3 aromatic carbocycles. The Labute approximate surface area is 171 Å². The van der Waals surface area contributed by atoms with Crippen molar-refractivity contribution in [2.45, 2.75) is 6.92 Å². The van der Waals surface area contributed by atoms with E-state index in [0.717, 1.165) is 16.8 Å². The van der Waals surface area contributed by atoms with Gasteiger partial charge in [0, 0.05) is 16.3 Å². The lowest BCUT2D eigenvalue weighted by molar-refractivity contribution is 0.101. The maximum absolute atomic E-state index is 13.1. The third kappa shape index (κ3) is 4.02. The van der Waals surface area contributed by atoms with Crippen molar-refractivity contribution >= 4 is 23.2 Å². The number of carbonyl (C=O) groups excluding carboxylic acids is 1. The van der Waals surface area contributed by atoms with Gasteiger partial charge in [0.1, 0.15) is 5.82 Å². The summed E-state index contributed by atoms with van der Waals surface area (Å²) in [5, 5.41) is 7.67. The maximum Gasteiger partial charge on any atom is 0.295 e. The largest absolute Gasteiger partial charge is 0.319 e. The first-order chi connectivity index (χ1) is 14.0. The minimum atomic E-state index is -0.493. The molecule has 0 aliphatic carbocycles. The summed E-state index contributed by atoms with van der Waals surface area (Å²) in [5.41, 5.74) is 2.92. The van der Waals surface area contributed by atoms with Gasteiger partial charge in [0.05, 0.1) is 5.69 Å². The molecule has 1 N–H and O–H groups in total. The molecule has 5 nitrogen and oxygen atoms in total. The second kappa shape index (κ2) is 7.85. The molecule has 144 valence electrons. The smallest absolute Gasteiger partial charge is 0.295 e. The molecule has 0 saturated heterocycles. The lowest BCUT2D eigenvalue weighted by Crippen LogP contribution is -2.14. The molecular weight excluding hydrogens is 391 g/mol. The number of carbonyl (C=O) groups is 1. The van der Waals surface area contributed by atoms with E-state index in [-0.39, 0.29) is 11.6 Å². The molecule has 0 radical (unpaired) electrons. The van der Waals surface area contributed by atoms with E-state index in [1.165, 1.54) is 24.3 Å². The fourth-order valence-corrected chi connectivity index (χ4v) is 3.05. The minimum absolute atomic E-state index is 0.00689. The number of halogens is 2. The number of aromatic nitrogens is 3. The maximum atomic E-state index is 13.1. The van der Waals surface area contributed by atoms with Gasteiger partial charge in [0.2, 0.25) is 5.82 Å². The average Bonchev–Trinajstić information content (AvgIpc) is 3.17. The molecule has 0 aliphatic heterocycles. The van der Waals surface area contributed by atoms with Crippen LogP contribution < -0.4 is 5.32 Å². The molecule has 4 aromatic rings. The fraction of sp³-hybridized carbons (Fsp3) is 0.0455. The Morgan fingerprint density at radius 3 is 2.48 bits per heavy atom. The Morgan fingerprint density at radius 1 is 1.03 bits per heavy atom. The van der Waals surface area contributed by atoms with Crippen molar-refractivity contribution in [1.82, 2.24) is 14.8 Å². The van der Waals surface area contributed by atoms with Gasteiger partial charge in [-0.3, -0.25) is 4.79 Å². The molecule has 1 amide bonds. The van der Waals surface area contributed by atoms with Crippen LogP contribution in [0.25, 0.3) is 17.1 Å². The highest BCUT2D eigenvalue weighted by molar-refractivity contribution is 6.30. The van der Waals surface area contributed by atoms with Gasteiger partial charge in [-0.2, -0.15) is 0 Å². The lowest BCUT2D eigenvalue weighted by atomic mass is 10.2. The molecule has 0 bridgehead atoms. The van der Waals surface area contributed by atoms with E-state index >= 15 is 0 Å². The first-order valence-electron chi connectivity index (χ1n) is 8.87. The van der Waals surface area contributed by atoms with Crippen LogP contribution in [0.4, 0.5) is 10.1 Å². The molecule has 0 saturated carbocycles. The highest BCUT2D eigenvalue weighted by atomic mass is 35.5. The second-order valence-corrected chi connectivity index (χ2v) is 6.87. The average molecular weight is 407 g/mol. The summed E-state index contributed by atoms with van der Waals surface area (Å²) in [7, 11) is 0. The molecule has 4 rings (SSSR count). The van der Waals surface area contributed by atoms with Crippen molar-refractivity contribution in [1.29, 1.82) is 0 Å². The predicted octanol–water partition coefficient (Wildman–Crippen LogP) is 5.29.